The van der Waals surface area contributed by atoms with E-state index in [4.69, 9.17) is 10.2 Å². The maximum Gasteiger partial charge on any atom is 0.327 e. The number of hydrogen-bond donors (Lipinski definition) is 3. The van der Waals surface area contributed by atoms with Gasteiger partial charge in [0, 0.05) is 6.92 Å². The van der Waals surface area contributed by atoms with Crippen LogP contribution in [0.3, 0.4) is 0 Å². The average molecular weight is 189 g/mol. The summed E-state index contributed by atoms with van der Waals surface area (Å²) in [4.78, 5) is 31.4. The molecule has 0 aromatic carbocycles. The highest BCUT2D eigenvalue weighted by Crippen LogP contribution is 2.03. The molecule has 0 saturated heterocycles. The van der Waals surface area contributed by atoms with Gasteiger partial charge in [-0.05, 0) is 6.92 Å². The van der Waals surface area contributed by atoms with Gasteiger partial charge in [0.1, 0.15) is 6.04 Å². The molecule has 74 valence electrons. The molecule has 0 aliphatic carbocycles. The maximum absolute atomic E-state index is 10.5. The number of rotatable bonds is 4. The van der Waals surface area contributed by atoms with E-state index in [2.05, 4.69) is 0 Å². The summed E-state index contributed by atoms with van der Waals surface area (Å²) in [6, 6.07) is -1.38. The van der Waals surface area contributed by atoms with Gasteiger partial charge in [0.2, 0.25) is 5.91 Å². The summed E-state index contributed by atoms with van der Waals surface area (Å²) in [6.07, 6.45) is 0. The molecule has 0 fully saturated rings. The zero-order valence-corrected chi connectivity index (χ0v) is 7.27. The number of aliphatic carboxylic acids is 2. The second-order valence-electron chi connectivity index (χ2n) is 2.64. The SMILES string of the molecule is CC(=O)N[C@@H](C(=O)O)[C@@H](C)C(=O)O. The van der Waals surface area contributed by atoms with Gasteiger partial charge in [0.25, 0.3) is 0 Å². The highest BCUT2D eigenvalue weighted by atomic mass is 16.4. The lowest BCUT2D eigenvalue weighted by Gasteiger charge is -2.16. The topological polar surface area (TPSA) is 104 Å². The molecular formula is C7H11NO5. The molecule has 0 unspecified atom stereocenters. The van der Waals surface area contributed by atoms with Gasteiger partial charge < -0.3 is 15.5 Å². The minimum absolute atomic E-state index is 0.569. The van der Waals surface area contributed by atoms with Crippen molar-refractivity contribution < 1.29 is 24.6 Å². The predicted molar refractivity (Wildman–Crippen MR) is 42.0 cm³/mol. The largest absolute Gasteiger partial charge is 0.481 e. The van der Waals surface area contributed by atoms with E-state index in [1.807, 2.05) is 5.32 Å². The van der Waals surface area contributed by atoms with E-state index in [-0.39, 0.29) is 0 Å². The Balaban J connectivity index is 4.51. The van der Waals surface area contributed by atoms with Crippen LogP contribution in [0.5, 0.6) is 0 Å². The van der Waals surface area contributed by atoms with Gasteiger partial charge in [0.15, 0.2) is 0 Å². The Bertz CT molecular complexity index is 237. The summed E-state index contributed by atoms with van der Waals surface area (Å²) in [5, 5.41) is 19.1. The number of carboxylic acid groups (broad SMARTS) is 2. The molecule has 0 aliphatic rings. The predicted octanol–water partition coefficient (Wildman–Crippen LogP) is -0.704. The number of carbonyl (C=O) groups is 3. The number of nitrogens with one attached hydrogen (secondary N) is 1. The smallest absolute Gasteiger partial charge is 0.327 e. The lowest BCUT2D eigenvalue weighted by Crippen LogP contribution is -2.46. The van der Waals surface area contributed by atoms with Gasteiger partial charge in [-0.15, -0.1) is 0 Å². The Morgan fingerprint density at radius 3 is 1.85 bits per heavy atom. The van der Waals surface area contributed by atoms with Crippen LogP contribution in [0.25, 0.3) is 0 Å². The van der Waals surface area contributed by atoms with Crippen molar-refractivity contribution in [3.05, 3.63) is 0 Å². The fourth-order valence-corrected chi connectivity index (χ4v) is 0.762. The van der Waals surface area contributed by atoms with Crippen molar-refractivity contribution >= 4 is 17.8 Å². The van der Waals surface area contributed by atoms with Gasteiger partial charge in [-0.25, -0.2) is 4.79 Å². The highest BCUT2D eigenvalue weighted by molar-refractivity contribution is 5.87. The summed E-state index contributed by atoms with van der Waals surface area (Å²) >= 11 is 0. The molecule has 1 amide bonds. The summed E-state index contributed by atoms with van der Waals surface area (Å²) in [6.45, 7) is 2.35. The second kappa shape index (κ2) is 4.44. The molecule has 3 N–H and O–H groups in total. The first-order valence-corrected chi connectivity index (χ1v) is 3.59. The van der Waals surface area contributed by atoms with Gasteiger partial charge in [-0.1, -0.05) is 0 Å². The van der Waals surface area contributed by atoms with Crippen LogP contribution in [0.2, 0.25) is 0 Å². The number of carboxylic acids is 2. The molecule has 13 heavy (non-hydrogen) atoms. The van der Waals surface area contributed by atoms with Crippen molar-refractivity contribution in [3.63, 3.8) is 0 Å². The third-order valence-electron chi connectivity index (χ3n) is 1.51. The summed E-state index contributed by atoms with van der Waals surface area (Å²) in [7, 11) is 0. The van der Waals surface area contributed by atoms with Crippen LogP contribution in [-0.4, -0.2) is 34.1 Å². The molecule has 6 heteroatoms. The highest BCUT2D eigenvalue weighted by Gasteiger charge is 2.30. The van der Waals surface area contributed by atoms with E-state index in [1.165, 1.54) is 6.92 Å². The van der Waals surface area contributed by atoms with E-state index in [0.29, 0.717) is 0 Å². The second-order valence-corrected chi connectivity index (χ2v) is 2.64. The number of hydrogen-bond acceptors (Lipinski definition) is 3. The Morgan fingerprint density at radius 2 is 1.62 bits per heavy atom. The molecule has 2 atom stereocenters. The van der Waals surface area contributed by atoms with Crippen LogP contribution >= 0.6 is 0 Å². The quantitative estimate of drug-likeness (QED) is 0.542. The summed E-state index contributed by atoms with van der Waals surface area (Å²) in [5.41, 5.74) is 0. The molecular weight excluding hydrogens is 178 g/mol. The Hall–Kier alpha value is -1.59. The van der Waals surface area contributed by atoms with Gasteiger partial charge in [0.05, 0.1) is 5.92 Å². The average Bonchev–Trinajstić information content (AvgIpc) is 1.97. The molecule has 0 rings (SSSR count). The minimum atomic E-state index is -1.38. The Kier molecular flexibility index (Phi) is 3.90. The molecule has 0 saturated carbocycles. The third-order valence-corrected chi connectivity index (χ3v) is 1.51. The minimum Gasteiger partial charge on any atom is -0.481 e. The van der Waals surface area contributed by atoms with E-state index < -0.39 is 29.8 Å². The summed E-state index contributed by atoms with van der Waals surface area (Å²) in [5.74, 6) is -4.34. The number of amides is 1. The normalized spacial score (nSPS) is 14.3. The van der Waals surface area contributed by atoms with E-state index in [1.54, 1.807) is 0 Å². The van der Waals surface area contributed by atoms with E-state index >= 15 is 0 Å². The molecule has 0 aliphatic heterocycles. The monoisotopic (exact) mass is 189 g/mol. The van der Waals surface area contributed by atoms with Crippen LogP contribution in [-0.2, 0) is 14.4 Å². The van der Waals surface area contributed by atoms with E-state index in [0.717, 1.165) is 6.92 Å². The molecule has 0 radical (unpaired) electrons. The van der Waals surface area contributed by atoms with Crippen molar-refractivity contribution in [1.82, 2.24) is 5.32 Å². The molecule has 0 spiro atoms. The molecule has 0 aromatic heterocycles. The van der Waals surface area contributed by atoms with Crippen LogP contribution in [0.15, 0.2) is 0 Å². The van der Waals surface area contributed by atoms with Crippen molar-refractivity contribution in [3.8, 4) is 0 Å². The maximum atomic E-state index is 10.5. The third kappa shape index (κ3) is 3.55. The van der Waals surface area contributed by atoms with Crippen molar-refractivity contribution in [2.45, 2.75) is 19.9 Å². The first-order valence-electron chi connectivity index (χ1n) is 3.59. The molecule has 0 bridgehead atoms. The van der Waals surface area contributed by atoms with Gasteiger partial charge in [-0.3, -0.25) is 9.59 Å². The van der Waals surface area contributed by atoms with Crippen molar-refractivity contribution in [2.24, 2.45) is 5.92 Å². The molecule has 0 heterocycles. The van der Waals surface area contributed by atoms with Gasteiger partial charge >= 0.3 is 11.9 Å². The van der Waals surface area contributed by atoms with E-state index in [9.17, 15) is 14.4 Å². The lowest BCUT2D eigenvalue weighted by atomic mass is 10.0. The number of carbonyl (C=O) groups excluding carboxylic acids is 1. The summed E-state index contributed by atoms with van der Waals surface area (Å²) < 4.78 is 0. The Labute approximate surface area is 74.6 Å². The van der Waals surface area contributed by atoms with Crippen LogP contribution < -0.4 is 5.32 Å². The first-order chi connectivity index (χ1) is 5.86. The molecule has 0 aromatic rings. The Morgan fingerprint density at radius 1 is 1.15 bits per heavy atom. The van der Waals surface area contributed by atoms with Gasteiger partial charge in [-0.2, -0.15) is 0 Å². The fraction of sp³-hybridized carbons (Fsp3) is 0.571. The zero-order valence-electron chi connectivity index (χ0n) is 7.27. The van der Waals surface area contributed by atoms with Crippen LogP contribution in [0.4, 0.5) is 0 Å². The first kappa shape index (κ1) is 11.4. The fourth-order valence-electron chi connectivity index (χ4n) is 0.762. The van der Waals surface area contributed by atoms with Crippen molar-refractivity contribution in [2.75, 3.05) is 0 Å². The zero-order chi connectivity index (χ0) is 10.6. The standard InChI is InChI=1S/C7H11NO5/c1-3(6(10)11)5(7(12)13)8-4(2)9/h3,5H,1-2H3,(H,8,9)(H,10,11)(H,12,13)/t3-,5-/m1/s1. The van der Waals surface area contributed by atoms with Crippen molar-refractivity contribution in [1.29, 1.82) is 0 Å². The van der Waals surface area contributed by atoms with Crippen LogP contribution in [0.1, 0.15) is 13.8 Å². The van der Waals surface area contributed by atoms with Crippen LogP contribution in [0, 0.1) is 5.92 Å². The lowest BCUT2D eigenvalue weighted by molar-refractivity contribution is -0.151. The molecule has 6 nitrogen and oxygen atoms in total.